The fraction of sp³-hybridized carbons (Fsp3) is 0.250. The molecule has 0 bridgehead atoms. The van der Waals surface area contributed by atoms with Crippen LogP contribution in [0.1, 0.15) is 30.1 Å². The summed E-state index contributed by atoms with van der Waals surface area (Å²) in [7, 11) is 0. The van der Waals surface area contributed by atoms with Crippen molar-refractivity contribution >= 4 is 17.4 Å². The fourth-order valence-corrected chi connectivity index (χ4v) is 3.53. The van der Waals surface area contributed by atoms with E-state index in [4.69, 9.17) is 4.74 Å². The first-order valence-corrected chi connectivity index (χ1v) is 10.0. The first-order chi connectivity index (χ1) is 14.2. The molecule has 0 aliphatic carbocycles. The number of hydrogen-bond donors (Lipinski definition) is 1. The molecule has 0 spiro atoms. The van der Waals surface area contributed by atoms with E-state index in [1.54, 1.807) is 6.20 Å². The predicted octanol–water partition coefficient (Wildman–Crippen LogP) is 5.49. The van der Waals surface area contributed by atoms with Crippen molar-refractivity contribution in [1.29, 1.82) is 0 Å². The molecule has 1 fully saturated rings. The van der Waals surface area contributed by atoms with Crippen LogP contribution in [0.4, 0.5) is 11.5 Å². The molecule has 1 aliphatic rings. The highest BCUT2D eigenvalue weighted by Gasteiger charge is 2.22. The van der Waals surface area contributed by atoms with Crippen molar-refractivity contribution in [2.75, 3.05) is 18.4 Å². The van der Waals surface area contributed by atoms with Crippen LogP contribution < -0.4 is 10.1 Å². The second-order valence-corrected chi connectivity index (χ2v) is 7.50. The molecular weight excluding hydrogens is 362 g/mol. The lowest BCUT2D eigenvalue weighted by atomic mass is 10.00. The molecule has 0 saturated carbocycles. The third-order valence-corrected chi connectivity index (χ3v) is 5.06. The molecule has 1 aromatic heterocycles. The number of carbonyl (C=O) groups is 1. The number of hydrogen-bond acceptors (Lipinski definition) is 4. The van der Waals surface area contributed by atoms with Crippen molar-refractivity contribution in [1.82, 2.24) is 9.88 Å². The summed E-state index contributed by atoms with van der Waals surface area (Å²) in [5.74, 6) is 2.91. The Morgan fingerprint density at radius 1 is 1.03 bits per heavy atom. The van der Waals surface area contributed by atoms with Gasteiger partial charge in [0.05, 0.1) is 5.56 Å². The van der Waals surface area contributed by atoms with E-state index in [9.17, 15) is 4.79 Å². The molecule has 5 heteroatoms. The second kappa shape index (κ2) is 8.78. The van der Waals surface area contributed by atoms with Crippen LogP contribution in [-0.2, 0) is 0 Å². The molecule has 4 rings (SSSR count). The van der Waals surface area contributed by atoms with Gasteiger partial charge in [-0.15, -0.1) is 0 Å². The number of nitrogens with one attached hydrogen (secondary N) is 1. The van der Waals surface area contributed by atoms with Crippen LogP contribution in [0.15, 0.2) is 72.9 Å². The highest BCUT2D eigenvalue weighted by atomic mass is 16.5. The van der Waals surface area contributed by atoms with E-state index in [1.807, 2.05) is 71.6 Å². The van der Waals surface area contributed by atoms with Crippen molar-refractivity contribution in [3.05, 3.63) is 78.5 Å². The number of para-hydroxylation sites is 1. The van der Waals surface area contributed by atoms with Crippen LogP contribution in [0.5, 0.6) is 11.5 Å². The Morgan fingerprint density at radius 3 is 2.48 bits per heavy atom. The zero-order valence-corrected chi connectivity index (χ0v) is 16.5. The zero-order valence-electron chi connectivity index (χ0n) is 16.5. The van der Waals surface area contributed by atoms with Crippen molar-refractivity contribution < 1.29 is 9.53 Å². The van der Waals surface area contributed by atoms with Crippen LogP contribution >= 0.6 is 0 Å². The van der Waals surface area contributed by atoms with Crippen molar-refractivity contribution in [3.63, 3.8) is 0 Å². The van der Waals surface area contributed by atoms with Crippen molar-refractivity contribution in [2.45, 2.75) is 19.8 Å². The van der Waals surface area contributed by atoms with Gasteiger partial charge in [-0.3, -0.25) is 4.79 Å². The smallest absolute Gasteiger partial charge is 0.255 e. The summed E-state index contributed by atoms with van der Waals surface area (Å²) in [5, 5.41) is 3.26. The molecule has 29 heavy (non-hydrogen) atoms. The SMILES string of the molecule is CC1CCCN(C(=O)c2ccc(Nc3ccc(Oc4ccccc4)cc3)nc2)C1. The van der Waals surface area contributed by atoms with Gasteiger partial charge in [0.1, 0.15) is 17.3 Å². The Balaban J connectivity index is 1.36. The molecule has 3 aromatic rings. The summed E-state index contributed by atoms with van der Waals surface area (Å²) in [4.78, 5) is 19.0. The van der Waals surface area contributed by atoms with Crippen LogP contribution in [0.25, 0.3) is 0 Å². The lowest BCUT2D eigenvalue weighted by molar-refractivity contribution is 0.0682. The van der Waals surface area contributed by atoms with Gasteiger partial charge in [0, 0.05) is 25.0 Å². The summed E-state index contributed by atoms with van der Waals surface area (Å²) in [6.07, 6.45) is 3.92. The van der Waals surface area contributed by atoms with Crippen molar-refractivity contribution in [3.8, 4) is 11.5 Å². The van der Waals surface area contributed by atoms with Gasteiger partial charge in [-0.25, -0.2) is 4.98 Å². The number of likely N-dealkylation sites (tertiary alicyclic amines) is 1. The Labute approximate surface area is 171 Å². The van der Waals surface area contributed by atoms with Gasteiger partial charge < -0.3 is 15.0 Å². The van der Waals surface area contributed by atoms with E-state index < -0.39 is 0 Å². The maximum absolute atomic E-state index is 12.7. The van der Waals surface area contributed by atoms with Gasteiger partial charge in [-0.1, -0.05) is 25.1 Å². The quantitative estimate of drug-likeness (QED) is 0.629. The van der Waals surface area contributed by atoms with Gasteiger partial charge in [-0.2, -0.15) is 0 Å². The number of ether oxygens (including phenoxy) is 1. The molecule has 1 saturated heterocycles. The largest absolute Gasteiger partial charge is 0.457 e. The maximum Gasteiger partial charge on any atom is 0.255 e. The van der Waals surface area contributed by atoms with Crippen molar-refractivity contribution in [2.24, 2.45) is 5.92 Å². The van der Waals surface area contributed by atoms with Crippen LogP contribution in [0.2, 0.25) is 0 Å². The van der Waals surface area contributed by atoms with Gasteiger partial charge in [0.25, 0.3) is 5.91 Å². The molecule has 5 nitrogen and oxygen atoms in total. The molecule has 1 amide bonds. The van der Waals surface area contributed by atoms with Gasteiger partial charge in [0.15, 0.2) is 0 Å². The number of amides is 1. The summed E-state index contributed by atoms with van der Waals surface area (Å²) in [5.41, 5.74) is 1.54. The Morgan fingerprint density at radius 2 is 1.79 bits per heavy atom. The van der Waals surface area contributed by atoms with Gasteiger partial charge in [-0.05, 0) is 67.3 Å². The third-order valence-electron chi connectivity index (χ3n) is 5.06. The highest BCUT2D eigenvalue weighted by Crippen LogP contribution is 2.24. The first-order valence-electron chi connectivity index (χ1n) is 10.0. The summed E-state index contributed by atoms with van der Waals surface area (Å²) in [6.45, 7) is 3.86. The molecule has 0 radical (unpaired) electrons. The minimum absolute atomic E-state index is 0.0676. The summed E-state index contributed by atoms with van der Waals surface area (Å²) < 4.78 is 5.81. The van der Waals surface area contributed by atoms with E-state index in [2.05, 4.69) is 17.2 Å². The van der Waals surface area contributed by atoms with E-state index >= 15 is 0 Å². The number of piperidine rings is 1. The summed E-state index contributed by atoms with van der Waals surface area (Å²) >= 11 is 0. The monoisotopic (exact) mass is 387 g/mol. The average Bonchev–Trinajstić information content (AvgIpc) is 2.76. The minimum Gasteiger partial charge on any atom is -0.457 e. The molecule has 1 unspecified atom stereocenters. The summed E-state index contributed by atoms with van der Waals surface area (Å²) in [6, 6.07) is 21.1. The number of carbonyl (C=O) groups excluding carboxylic acids is 1. The fourth-order valence-electron chi connectivity index (χ4n) is 3.53. The topological polar surface area (TPSA) is 54.5 Å². The Hall–Kier alpha value is -3.34. The minimum atomic E-state index is 0.0676. The Bertz CT molecular complexity index is 940. The number of nitrogens with zero attached hydrogens (tertiary/aromatic N) is 2. The lowest BCUT2D eigenvalue weighted by Crippen LogP contribution is -2.39. The number of rotatable bonds is 5. The lowest BCUT2D eigenvalue weighted by Gasteiger charge is -2.30. The number of pyridine rings is 1. The second-order valence-electron chi connectivity index (χ2n) is 7.50. The maximum atomic E-state index is 12.7. The Kier molecular flexibility index (Phi) is 5.75. The van der Waals surface area contributed by atoms with E-state index in [1.165, 1.54) is 6.42 Å². The first kappa shape index (κ1) is 19.0. The number of benzene rings is 2. The van der Waals surface area contributed by atoms with Gasteiger partial charge in [0.2, 0.25) is 0 Å². The van der Waals surface area contributed by atoms with Gasteiger partial charge >= 0.3 is 0 Å². The molecule has 2 aromatic carbocycles. The molecule has 1 N–H and O–H groups in total. The highest BCUT2D eigenvalue weighted by molar-refractivity contribution is 5.94. The number of anilines is 2. The van der Waals surface area contributed by atoms with E-state index in [0.717, 1.165) is 36.7 Å². The number of aromatic nitrogens is 1. The average molecular weight is 387 g/mol. The molecule has 1 aliphatic heterocycles. The molecule has 2 heterocycles. The zero-order chi connectivity index (χ0) is 20.1. The molecule has 1 atom stereocenters. The van der Waals surface area contributed by atoms with E-state index in [0.29, 0.717) is 17.3 Å². The molecular formula is C24H25N3O2. The predicted molar refractivity (Wildman–Crippen MR) is 115 cm³/mol. The normalized spacial score (nSPS) is 16.3. The van der Waals surface area contributed by atoms with Crippen LogP contribution in [-0.4, -0.2) is 28.9 Å². The van der Waals surface area contributed by atoms with E-state index in [-0.39, 0.29) is 5.91 Å². The standard InChI is InChI=1S/C24H25N3O2/c1-18-6-5-15-27(17-18)24(28)19-9-14-23(25-16-19)26-20-10-12-22(13-11-20)29-21-7-3-2-4-8-21/h2-4,7-14,16,18H,5-6,15,17H2,1H3,(H,25,26). The molecule has 148 valence electrons. The third kappa shape index (κ3) is 4.93. The van der Waals surface area contributed by atoms with Crippen LogP contribution in [0, 0.1) is 5.92 Å². The van der Waals surface area contributed by atoms with Crippen LogP contribution in [0.3, 0.4) is 0 Å².